The second-order valence-corrected chi connectivity index (χ2v) is 18.2. The molecule has 0 saturated heterocycles. The van der Waals surface area contributed by atoms with E-state index in [-0.39, 0.29) is 4.85 Å². The van der Waals surface area contributed by atoms with Gasteiger partial charge in [-0.25, -0.2) is 0 Å². The molecule has 0 saturated carbocycles. The zero-order chi connectivity index (χ0) is 22.1. The predicted octanol–water partition coefficient (Wildman–Crippen LogP) is 7.84. The minimum atomic E-state index is -2.12. The molecule has 2 rings (SSSR count). The summed E-state index contributed by atoms with van der Waals surface area (Å²) in [4.78, 5) is -0.193. The van der Waals surface area contributed by atoms with Crippen molar-refractivity contribution in [2.75, 3.05) is 0 Å². The lowest BCUT2D eigenvalue weighted by Gasteiger charge is -2.59. The molecule has 0 aromatic heterocycles. The summed E-state index contributed by atoms with van der Waals surface area (Å²) in [7, 11) is -4.24. The van der Waals surface area contributed by atoms with Gasteiger partial charge in [-0.1, -0.05) is 54.7 Å². The van der Waals surface area contributed by atoms with Crippen molar-refractivity contribution in [2.24, 2.45) is 0 Å². The molecule has 0 aliphatic carbocycles. The van der Waals surface area contributed by atoms with E-state index in [0.29, 0.717) is 0 Å². The summed E-state index contributed by atoms with van der Waals surface area (Å²) in [6.45, 7) is 25.0. The van der Waals surface area contributed by atoms with Gasteiger partial charge in [0.05, 0.1) is 4.85 Å². The van der Waals surface area contributed by atoms with Gasteiger partial charge < -0.3 is 4.74 Å². The van der Waals surface area contributed by atoms with Crippen LogP contribution in [0.1, 0.15) is 12.0 Å². The molecule has 1 heterocycles. The predicted molar refractivity (Wildman–Crippen MR) is 140 cm³/mol. The summed E-state index contributed by atoms with van der Waals surface area (Å²) < 4.78 is 7.30. The number of ether oxygens (including phenoxy) is 1. The number of rotatable bonds is 14. The Kier molecular flexibility index (Phi) is 8.69. The highest BCUT2D eigenvalue weighted by Gasteiger charge is 2.64. The lowest BCUT2D eigenvalue weighted by molar-refractivity contribution is 0.182. The molecule has 1 aromatic rings. The number of hydrogen-bond acceptors (Lipinski definition) is 1. The molecule has 0 unspecified atom stereocenters. The van der Waals surface area contributed by atoms with E-state index in [1.54, 1.807) is 0 Å². The maximum Gasteiger partial charge on any atom is 0.122 e. The number of aryl methyl sites for hydroxylation is 1. The Morgan fingerprint density at radius 1 is 0.700 bits per heavy atom. The topological polar surface area (TPSA) is 9.23 Å². The Labute approximate surface area is 186 Å². The van der Waals surface area contributed by atoms with Gasteiger partial charge in [0.1, 0.15) is 21.9 Å². The molecule has 3 heteroatoms. The Bertz CT molecular complexity index is 701. The first-order chi connectivity index (χ1) is 14.5. The van der Waals surface area contributed by atoms with Crippen molar-refractivity contribution in [1.29, 1.82) is 0 Å². The Morgan fingerprint density at radius 3 is 1.50 bits per heavy atom. The van der Waals surface area contributed by atoms with Crippen molar-refractivity contribution >= 4 is 16.1 Å². The first-order valence-electron chi connectivity index (χ1n) is 11.0. The van der Waals surface area contributed by atoms with Crippen LogP contribution in [0.3, 0.4) is 0 Å². The first kappa shape index (κ1) is 24.2. The smallest absolute Gasteiger partial charge is 0.122 e. The molecule has 0 amide bonds. The lowest BCUT2D eigenvalue weighted by atomic mass is 10.1. The van der Waals surface area contributed by atoms with E-state index in [9.17, 15) is 0 Å². The van der Waals surface area contributed by atoms with Crippen molar-refractivity contribution in [1.82, 2.24) is 0 Å². The number of fused-ring (bicyclic) bond motifs is 1. The van der Waals surface area contributed by atoms with Crippen molar-refractivity contribution in [3.8, 4) is 5.75 Å². The molecular weight excluding hydrogens is 396 g/mol. The van der Waals surface area contributed by atoms with Crippen LogP contribution in [0.15, 0.2) is 100 Å². The van der Waals surface area contributed by atoms with Gasteiger partial charge in [0.15, 0.2) is 0 Å². The lowest BCUT2D eigenvalue weighted by Crippen LogP contribution is -2.76. The quantitative estimate of drug-likeness (QED) is 0.214. The van der Waals surface area contributed by atoms with Gasteiger partial charge in [0, 0.05) is 0 Å². The number of allylic oxidation sites excluding steroid dienone is 6. The fourth-order valence-corrected chi connectivity index (χ4v) is 20.4. The monoisotopic (exact) mass is 434 g/mol. The second-order valence-electron chi connectivity index (χ2n) is 8.55. The van der Waals surface area contributed by atoms with Crippen LogP contribution in [0.25, 0.3) is 0 Å². The zero-order valence-electron chi connectivity index (χ0n) is 18.6. The molecule has 160 valence electrons. The molecule has 0 radical (unpaired) electrons. The highest BCUT2D eigenvalue weighted by molar-refractivity contribution is 7.02. The third kappa shape index (κ3) is 4.19. The van der Waals surface area contributed by atoms with Crippen LogP contribution in [0.4, 0.5) is 0 Å². The second kappa shape index (κ2) is 10.8. The van der Waals surface area contributed by atoms with E-state index in [1.807, 2.05) is 0 Å². The van der Waals surface area contributed by atoms with Crippen LogP contribution >= 0.6 is 0 Å². The van der Waals surface area contributed by atoms with E-state index < -0.39 is 16.1 Å². The average Bonchev–Trinajstić information content (AvgIpc) is 2.74. The minimum Gasteiger partial charge on any atom is -0.494 e. The van der Waals surface area contributed by atoms with Crippen molar-refractivity contribution < 1.29 is 4.74 Å². The summed E-state index contributed by atoms with van der Waals surface area (Å²) in [5.41, 5.74) is 1.31. The van der Waals surface area contributed by atoms with Crippen LogP contribution in [0.2, 0.25) is 36.3 Å². The van der Waals surface area contributed by atoms with Gasteiger partial charge in [-0.15, -0.1) is 39.5 Å². The molecule has 0 fully saturated rings. The Balaban J connectivity index is 2.88. The number of benzene rings is 1. The SMILES string of the molecule is C=CC[Si](CC=C)(CC=C)C1([Si](CC=C)(CC=C)CC=C)CCc2ccccc2O1. The fourth-order valence-electron chi connectivity index (χ4n) is 5.82. The highest BCUT2D eigenvalue weighted by Crippen LogP contribution is 2.52. The summed E-state index contributed by atoms with van der Waals surface area (Å²) >= 11 is 0. The average molecular weight is 435 g/mol. The number of para-hydroxylation sites is 1. The molecule has 1 aliphatic rings. The molecular formula is C27H38OSi2. The third-order valence-electron chi connectivity index (χ3n) is 6.93. The van der Waals surface area contributed by atoms with Gasteiger partial charge in [0.25, 0.3) is 0 Å². The largest absolute Gasteiger partial charge is 0.494 e. The first-order valence-corrected chi connectivity index (χ1v) is 16.2. The van der Waals surface area contributed by atoms with Gasteiger partial charge in [-0.05, 0) is 60.7 Å². The third-order valence-corrected chi connectivity index (χ3v) is 20.7. The van der Waals surface area contributed by atoms with Crippen LogP contribution in [-0.2, 0) is 6.42 Å². The van der Waals surface area contributed by atoms with E-state index in [0.717, 1.165) is 54.9 Å². The molecule has 0 spiro atoms. The van der Waals surface area contributed by atoms with Gasteiger partial charge >= 0.3 is 0 Å². The van der Waals surface area contributed by atoms with Gasteiger partial charge in [-0.3, -0.25) is 0 Å². The maximum atomic E-state index is 7.30. The van der Waals surface area contributed by atoms with Crippen LogP contribution in [-0.4, -0.2) is 21.0 Å². The summed E-state index contributed by atoms with van der Waals surface area (Å²) in [5, 5.41) is 0. The van der Waals surface area contributed by atoms with Crippen LogP contribution in [0.5, 0.6) is 5.75 Å². The molecule has 0 atom stereocenters. The van der Waals surface area contributed by atoms with E-state index in [1.165, 1.54) is 5.56 Å². The van der Waals surface area contributed by atoms with Crippen molar-refractivity contribution in [3.05, 3.63) is 106 Å². The van der Waals surface area contributed by atoms with E-state index in [4.69, 9.17) is 4.74 Å². The van der Waals surface area contributed by atoms with Crippen LogP contribution < -0.4 is 4.74 Å². The summed E-state index contributed by atoms with van der Waals surface area (Å²) in [6.07, 6.45) is 14.7. The Morgan fingerprint density at radius 2 is 1.10 bits per heavy atom. The normalized spacial score (nSPS) is 15.2. The molecule has 0 bridgehead atoms. The molecule has 1 aliphatic heterocycles. The molecule has 1 aromatic carbocycles. The minimum absolute atomic E-state index is 0.193. The molecule has 0 N–H and O–H groups in total. The summed E-state index contributed by atoms with van der Waals surface area (Å²) in [5.74, 6) is 1.05. The zero-order valence-corrected chi connectivity index (χ0v) is 20.6. The molecule has 30 heavy (non-hydrogen) atoms. The maximum absolute atomic E-state index is 7.30. The molecule has 1 nitrogen and oxygen atoms in total. The van der Waals surface area contributed by atoms with Crippen molar-refractivity contribution in [3.63, 3.8) is 0 Å². The fraction of sp³-hybridized carbons (Fsp3) is 0.333. The van der Waals surface area contributed by atoms with Crippen LogP contribution in [0, 0.1) is 0 Å². The van der Waals surface area contributed by atoms with E-state index >= 15 is 0 Å². The van der Waals surface area contributed by atoms with Crippen molar-refractivity contribution in [2.45, 2.75) is 54.0 Å². The number of hydrogen-bond donors (Lipinski definition) is 0. The van der Waals surface area contributed by atoms with E-state index in [2.05, 4.69) is 100 Å². The standard InChI is InChI=1S/C27H38OSi2/c1-7-19-29(20-8-2,21-9-3)27(30(22-10-4,23-11-5)24-12-6)18-17-25-15-13-14-16-26(25)28-27/h7-16H,1-6,17-24H2. The van der Waals surface area contributed by atoms with Gasteiger partial charge in [0.2, 0.25) is 0 Å². The Hall–Kier alpha value is -2.11. The van der Waals surface area contributed by atoms with Gasteiger partial charge in [-0.2, -0.15) is 0 Å². The summed E-state index contributed by atoms with van der Waals surface area (Å²) in [6, 6.07) is 14.5. The highest BCUT2D eigenvalue weighted by atomic mass is 28.4.